The third-order valence-electron chi connectivity index (χ3n) is 6.63. The van der Waals surface area contributed by atoms with Crippen LogP contribution in [-0.2, 0) is 24.4 Å². The molecule has 5 rings (SSSR count). The minimum absolute atomic E-state index is 0.0516. The standard InChI is InChI=1S/C26H30FN5O2/c27-23-4-6-24(7-5-23)32-16-20(13-29-32)15-31-10-11-34-25-8-3-19(12-22(25)18-31)14-30-9-1-2-21(17-30)26(28)33/h3-8,12-13,16,21H,1-2,9-11,14-15,17-18H2,(H2,28,33). The molecule has 7 nitrogen and oxygen atoms in total. The van der Waals surface area contributed by atoms with Gasteiger partial charge in [0.15, 0.2) is 0 Å². The number of primary amides is 1. The summed E-state index contributed by atoms with van der Waals surface area (Å²) in [6, 6.07) is 12.7. The average Bonchev–Trinajstić information content (AvgIpc) is 3.20. The Morgan fingerprint density at radius 3 is 2.74 bits per heavy atom. The molecule has 1 saturated heterocycles. The maximum absolute atomic E-state index is 13.2. The van der Waals surface area contributed by atoms with E-state index in [-0.39, 0.29) is 17.6 Å². The first-order valence-electron chi connectivity index (χ1n) is 11.8. The number of aromatic nitrogens is 2. The Balaban J connectivity index is 1.25. The number of benzene rings is 2. The summed E-state index contributed by atoms with van der Waals surface area (Å²) in [6.45, 7) is 5.51. The summed E-state index contributed by atoms with van der Waals surface area (Å²) in [5, 5.41) is 4.44. The van der Waals surface area contributed by atoms with Gasteiger partial charge in [0.2, 0.25) is 5.91 Å². The van der Waals surface area contributed by atoms with Crippen LogP contribution in [0.2, 0.25) is 0 Å². The summed E-state index contributed by atoms with van der Waals surface area (Å²) in [4.78, 5) is 16.3. The highest BCUT2D eigenvalue weighted by Crippen LogP contribution is 2.27. The van der Waals surface area contributed by atoms with Gasteiger partial charge >= 0.3 is 0 Å². The summed E-state index contributed by atoms with van der Waals surface area (Å²) in [5.74, 6) is 0.427. The Morgan fingerprint density at radius 2 is 1.91 bits per heavy atom. The van der Waals surface area contributed by atoms with Gasteiger partial charge in [0, 0.05) is 50.0 Å². The maximum Gasteiger partial charge on any atom is 0.221 e. The number of nitrogens with zero attached hydrogens (tertiary/aromatic N) is 4. The van der Waals surface area contributed by atoms with Crippen molar-refractivity contribution in [1.82, 2.24) is 19.6 Å². The van der Waals surface area contributed by atoms with Crippen LogP contribution in [0.5, 0.6) is 5.75 Å². The molecule has 1 atom stereocenters. The van der Waals surface area contributed by atoms with E-state index in [1.807, 2.05) is 12.4 Å². The van der Waals surface area contributed by atoms with E-state index in [0.717, 1.165) is 69.1 Å². The van der Waals surface area contributed by atoms with E-state index in [4.69, 9.17) is 10.5 Å². The summed E-state index contributed by atoms with van der Waals surface area (Å²) in [7, 11) is 0. The van der Waals surface area contributed by atoms with Crippen LogP contribution in [0, 0.1) is 11.7 Å². The molecule has 34 heavy (non-hydrogen) atoms. The number of carbonyl (C=O) groups excluding carboxylic acids is 1. The van der Waals surface area contributed by atoms with Gasteiger partial charge in [0.05, 0.1) is 17.8 Å². The number of rotatable bonds is 6. The van der Waals surface area contributed by atoms with Crippen molar-refractivity contribution < 1.29 is 13.9 Å². The smallest absolute Gasteiger partial charge is 0.221 e. The van der Waals surface area contributed by atoms with Gasteiger partial charge < -0.3 is 10.5 Å². The molecule has 8 heteroatoms. The third kappa shape index (κ3) is 5.29. The molecule has 0 bridgehead atoms. The monoisotopic (exact) mass is 463 g/mol. The van der Waals surface area contributed by atoms with Crippen LogP contribution in [0.25, 0.3) is 5.69 Å². The molecule has 1 aromatic heterocycles. The summed E-state index contributed by atoms with van der Waals surface area (Å²) < 4.78 is 21.0. The summed E-state index contributed by atoms with van der Waals surface area (Å²) >= 11 is 0. The van der Waals surface area contributed by atoms with Crippen molar-refractivity contribution in [3.8, 4) is 11.4 Å². The number of halogens is 1. The van der Waals surface area contributed by atoms with Crippen molar-refractivity contribution in [2.24, 2.45) is 11.7 Å². The zero-order valence-electron chi connectivity index (χ0n) is 19.2. The van der Waals surface area contributed by atoms with E-state index in [1.165, 1.54) is 23.3 Å². The Bertz CT molecular complexity index is 1150. The molecule has 2 aliphatic rings. The fourth-order valence-electron chi connectivity index (χ4n) is 4.86. The topological polar surface area (TPSA) is 76.6 Å². The normalized spacial score (nSPS) is 19.3. The van der Waals surface area contributed by atoms with Gasteiger partial charge in [-0.1, -0.05) is 6.07 Å². The number of nitrogens with two attached hydrogens (primary N) is 1. The molecule has 0 radical (unpaired) electrons. The van der Waals surface area contributed by atoms with E-state index in [2.05, 4.69) is 33.1 Å². The summed E-state index contributed by atoms with van der Waals surface area (Å²) in [6.07, 6.45) is 5.73. The molecule has 1 amide bonds. The number of piperidine rings is 1. The molecule has 0 saturated carbocycles. The van der Waals surface area contributed by atoms with Crippen LogP contribution in [-0.4, -0.2) is 51.7 Å². The Kier molecular flexibility index (Phi) is 6.60. The number of hydrogen-bond acceptors (Lipinski definition) is 5. The van der Waals surface area contributed by atoms with Crippen molar-refractivity contribution in [3.05, 3.63) is 77.4 Å². The van der Waals surface area contributed by atoms with E-state index < -0.39 is 0 Å². The first-order chi connectivity index (χ1) is 16.5. The highest BCUT2D eigenvalue weighted by molar-refractivity contribution is 5.76. The first kappa shape index (κ1) is 22.6. The fourth-order valence-corrected chi connectivity index (χ4v) is 4.86. The highest BCUT2D eigenvalue weighted by Gasteiger charge is 2.24. The quantitative estimate of drug-likeness (QED) is 0.608. The van der Waals surface area contributed by atoms with Crippen LogP contribution in [0.3, 0.4) is 0 Å². The number of likely N-dealkylation sites (tertiary alicyclic amines) is 1. The Morgan fingerprint density at radius 1 is 1.09 bits per heavy atom. The van der Waals surface area contributed by atoms with E-state index in [1.54, 1.807) is 16.8 Å². The van der Waals surface area contributed by atoms with Gasteiger partial charge in [-0.15, -0.1) is 0 Å². The lowest BCUT2D eigenvalue weighted by atomic mass is 9.97. The van der Waals surface area contributed by atoms with E-state index in [0.29, 0.717) is 6.61 Å². The minimum Gasteiger partial charge on any atom is -0.492 e. The maximum atomic E-state index is 13.2. The lowest BCUT2D eigenvalue weighted by Crippen LogP contribution is -2.40. The first-order valence-corrected chi connectivity index (χ1v) is 11.8. The second-order valence-electron chi connectivity index (χ2n) is 9.25. The van der Waals surface area contributed by atoms with Crippen LogP contribution in [0.4, 0.5) is 4.39 Å². The van der Waals surface area contributed by atoms with Gasteiger partial charge in [0.1, 0.15) is 18.2 Å². The molecule has 2 aliphatic heterocycles. The lowest BCUT2D eigenvalue weighted by Gasteiger charge is -2.31. The van der Waals surface area contributed by atoms with Crippen LogP contribution in [0.1, 0.15) is 29.5 Å². The van der Waals surface area contributed by atoms with E-state index >= 15 is 0 Å². The van der Waals surface area contributed by atoms with Gasteiger partial charge in [-0.2, -0.15) is 5.10 Å². The van der Waals surface area contributed by atoms with Crippen LogP contribution >= 0.6 is 0 Å². The minimum atomic E-state index is -0.258. The predicted molar refractivity (Wildman–Crippen MR) is 127 cm³/mol. The fraction of sp³-hybridized carbons (Fsp3) is 0.385. The largest absolute Gasteiger partial charge is 0.492 e. The summed E-state index contributed by atoms with van der Waals surface area (Å²) in [5.41, 5.74) is 9.86. The zero-order chi connectivity index (χ0) is 23.5. The van der Waals surface area contributed by atoms with Gasteiger partial charge in [-0.3, -0.25) is 14.6 Å². The van der Waals surface area contributed by atoms with Crippen LogP contribution in [0.15, 0.2) is 54.9 Å². The van der Waals surface area contributed by atoms with Gasteiger partial charge in [0.25, 0.3) is 0 Å². The van der Waals surface area contributed by atoms with E-state index in [9.17, 15) is 9.18 Å². The molecular formula is C26H30FN5O2. The predicted octanol–water partition coefficient (Wildman–Crippen LogP) is 3.10. The van der Waals surface area contributed by atoms with Crippen molar-refractivity contribution in [1.29, 1.82) is 0 Å². The molecule has 1 unspecified atom stereocenters. The lowest BCUT2D eigenvalue weighted by molar-refractivity contribution is -0.123. The second kappa shape index (κ2) is 9.95. The third-order valence-corrected chi connectivity index (χ3v) is 6.63. The number of hydrogen-bond donors (Lipinski definition) is 1. The zero-order valence-corrected chi connectivity index (χ0v) is 19.2. The Hall–Kier alpha value is -3.23. The Labute approximate surface area is 198 Å². The van der Waals surface area contributed by atoms with Gasteiger partial charge in [-0.05, 0) is 61.3 Å². The number of ether oxygens (including phenoxy) is 1. The second-order valence-corrected chi connectivity index (χ2v) is 9.25. The molecule has 1 fully saturated rings. The van der Waals surface area contributed by atoms with Crippen LogP contribution < -0.4 is 10.5 Å². The molecule has 0 aliphatic carbocycles. The van der Waals surface area contributed by atoms with Crippen molar-refractivity contribution in [2.75, 3.05) is 26.2 Å². The molecule has 178 valence electrons. The molecule has 2 aromatic carbocycles. The molecule has 3 heterocycles. The van der Waals surface area contributed by atoms with Crippen molar-refractivity contribution in [3.63, 3.8) is 0 Å². The van der Waals surface area contributed by atoms with Crippen molar-refractivity contribution >= 4 is 5.91 Å². The number of amides is 1. The van der Waals surface area contributed by atoms with Gasteiger partial charge in [-0.25, -0.2) is 9.07 Å². The molecule has 0 spiro atoms. The molecular weight excluding hydrogens is 433 g/mol. The average molecular weight is 464 g/mol. The number of fused-ring (bicyclic) bond motifs is 1. The van der Waals surface area contributed by atoms with Crippen molar-refractivity contribution in [2.45, 2.75) is 32.5 Å². The number of carbonyl (C=O) groups is 1. The highest BCUT2D eigenvalue weighted by atomic mass is 19.1. The molecule has 3 aromatic rings. The SMILES string of the molecule is NC(=O)C1CCCN(Cc2ccc3c(c2)CN(Cc2cnn(-c4ccc(F)cc4)c2)CCO3)C1. The molecule has 2 N–H and O–H groups in total.